The second kappa shape index (κ2) is 24.8. The summed E-state index contributed by atoms with van der Waals surface area (Å²) < 4.78 is 16.7. The molecule has 0 aromatic heterocycles. The van der Waals surface area contributed by atoms with Crippen molar-refractivity contribution in [3.63, 3.8) is 0 Å². The molecule has 3 aromatic rings. The first-order chi connectivity index (χ1) is 33.1. The molecule has 3 aromatic carbocycles. The topological polar surface area (TPSA) is 110 Å². The first-order valence-electron chi connectivity index (χ1n) is 25.1. The number of carbonyl (C=O) groups excluding carboxylic acids is 2. The number of fused-ring (bicyclic) bond motifs is 2. The highest BCUT2D eigenvalue weighted by molar-refractivity contribution is 8.03. The largest absolute Gasteiger partial charge is 0.356 e. The van der Waals surface area contributed by atoms with E-state index in [1.165, 1.54) is 50.0 Å². The highest BCUT2D eigenvalue weighted by Gasteiger charge is 2.44. The molecule has 69 heavy (non-hydrogen) atoms. The number of nitriles is 1. The lowest BCUT2D eigenvalue weighted by Crippen LogP contribution is -2.34. The lowest BCUT2D eigenvalue weighted by Gasteiger charge is -2.35. The van der Waals surface area contributed by atoms with E-state index in [1.807, 2.05) is 23.9 Å². The molecule has 1 atom stereocenters. The first-order valence-corrected chi connectivity index (χ1v) is 27.1. The fourth-order valence-corrected chi connectivity index (χ4v) is 12.6. The summed E-state index contributed by atoms with van der Waals surface area (Å²) in [5, 5.41) is 15.0. The number of rotatable bonds is 23. The predicted molar refractivity (Wildman–Crippen MR) is 287 cm³/mol. The summed E-state index contributed by atoms with van der Waals surface area (Å²) in [6.45, 7) is 25.3. The van der Waals surface area contributed by atoms with Gasteiger partial charge in [0.1, 0.15) is 6.54 Å². The molecule has 0 saturated carbocycles. The third kappa shape index (κ3) is 13.1. The highest BCUT2D eigenvalue weighted by atomic mass is 32.2. The molecule has 2 heterocycles. The predicted octanol–water partition coefficient (Wildman–Crippen LogP) is 13.4. The summed E-state index contributed by atoms with van der Waals surface area (Å²) in [5.74, 6) is -0.202. The van der Waals surface area contributed by atoms with Gasteiger partial charge in [0.05, 0.1) is 31.1 Å². The Morgan fingerprint density at radius 1 is 0.855 bits per heavy atom. The number of allylic oxidation sites excluding steroid dienone is 7. The summed E-state index contributed by atoms with van der Waals surface area (Å²) in [5.41, 5.74) is 11.1. The molecular weight excluding hydrogens is 896 g/mol. The summed E-state index contributed by atoms with van der Waals surface area (Å²) in [6, 6.07) is 28.3. The molecule has 0 spiro atoms. The number of amides is 2. The Balaban J connectivity index is 1.10. The quantitative estimate of drug-likeness (QED) is 0.0549. The van der Waals surface area contributed by atoms with Gasteiger partial charge >= 0.3 is 0 Å². The van der Waals surface area contributed by atoms with Crippen LogP contribution in [0.15, 0.2) is 124 Å². The van der Waals surface area contributed by atoms with Gasteiger partial charge in [-0.05, 0) is 141 Å². The average molecular weight is 972 g/mol. The summed E-state index contributed by atoms with van der Waals surface area (Å²) in [6.07, 6.45) is 14.5. The molecular formula is C57H76N6O4PS+. The third-order valence-electron chi connectivity index (χ3n) is 13.3. The van der Waals surface area contributed by atoms with Gasteiger partial charge in [-0.15, -0.1) is 0 Å². The molecule has 6 rings (SSSR count). The molecule has 1 aliphatic carbocycles. The Hall–Kier alpha value is -4.82. The van der Waals surface area contributed by atoms with Crippen LogP contribution in [0.4, 0.5) is 17.1 Å². The third-order valence-corrected chi connectivity index (χ3v) is 16.6. The van der Waals surface area contributed by atoms with Crippen LogP contribution in [0.3, 0.4) is 0 Å². The molecule has 2 aliphatic heterocycles. The van der Waals surface area contributed by atoms with Crippen molar-refractivity contribution in [1.82, 2.24) is 9.99 Å². The van der Waals surface area contributed by atoms with Crippen molar-refractivity contribution in [1.29, 1.82) is 5.26 Å². The molecule has 2 N–H and O–H groups in total. The van der Waals surface area contributed by atoms with Gasteiger partial charge in [-0.1, -0.05) is 74.2 Å². The van der Waals surface area contributed by atoms with Gasteiger partial charge < -0.3 is 24.6 Å². The number of nitrogens with zero attached hydrogens (tertiary/aromatic N) is 4. The number of likely N-dealkylation sites (N-methyl/N-ethyl adjacent to an activating group) is 1. The normalized spacial score (nSPS) is 17.9. The summed E-state index contributed by atoms with van der Waals surface area (Å²) >= 11 is 1.81. The standard InChI is InChI=1S/C57H75N6O4PS/c1-11-61-49-25-15-13-23-47(49)56(7,8)51(61)35-29-43-21-17-22-44(30-36-52-57(9,10)48-24-14-16-26-50(48)62(52)12-2)55(43)69-46-33-31-45(32-34-46)60-54(65)28-18-27-53(64)59-38-20-40-67-68(66-39-19-37-58)63(41(3)4)42(5)6/h13-16,23-26,29-36,41-42H,11-12,17-22,27-28,38-40H2,1-10H3,(H-,59,60,64,65)/p+1. The van der Waals surface area contributed by atoms with Gasteiger partial charge in [0, 0.05) is 88.0 Å². The number of para-hydroxylation sites is 2. The van der Waals surface area contributed by atoms with E-state index in [9.17, 15) is 9.59 Å². The highest BCUT2D eigenvalue weighted by Crippen LogP contribution is 2.49. The Kier molecular flexibility index (Phi) is 19.3. The molecule has 0 bridgehead atoms. The average Bonchev–Trinajstić information content (AvgIpc) is 3.68. The van der Waals surface area contributed by atoms with E-state index in [0.717, 1.165) is 42.9 Å². The smallest absolute Gasteiger partial charge is 0.259 e. The minimum Gasteiger partial charge on any atom is -0.356 e. The van der Waals surface area contributed by atoms with Crippen molar-refractivity contribution in [2.24, 2.45) is 0 Å². The number of nitrogens with one attached hydrogen (secondary N) is 2. The van der Waals surface area contributed by atoms with Crippen molar-refractivity contribution in [3.8, 4) is 6.07 Å². The molecule has 12 heteroatoms. The fraction of sp³-hybridized carbons (Fsp3) is 0.474. The zero-order valence-corrected chi connectivity index (χ0v) is 44.6. The molecule has 10 nitrogen and oxygen atoms in total. The number of anilines is 2. The van der Waals surface area contributed by atoms with E-state index in [1.54, 1.807) is 0 Å². The SMILES string of the molecule is CCN1/C(=C/C=C2\CCCC(/C=C/C3=[N+](CC)c4ccccc4C3(C)C)=C2Sc2ccc(NC(=O)CCCC(=O)NCCCOP(OCCC#N)N(C(C)C)C(C)C)cc2)C(C)(C)c2ccccc21. The van der Waals surface area contributed by atoms with Crippen LogP contribution in [0, 0.1) is 11.3 Å². The van der Waals surface area contributed by atoms with E-state index in [4.69, 9.17) is 14.3 Å². The van der Waals surface area contributed by atoms with Crippen molar-refractivity contribution in [3.05, 3.63) is 130 Å². The Labute approximate surface area is 419 Å². The molecule has 0 fully saturated rings. The minimum atomic E-state index is -1.31. The van der Waals surface area contributed by atoms with Gasteiger partial charge in [-0.2, -0.15) is 9.84 Å². The lowest BCUT2D eigenvalue weighted by molar-refractivity contribution is -0.433. The van der Waals surface area contributed by atoms with E-state index in [2.05, 4.69) is 185 Å². The van der Waals surface area contributed by atoms with Crippen molar-refractivity contribution >= 4 is 54.9 Å². The van der Waals surface area contributed by atoms with E-state index in [-0.39, 0.29) is 47.6 Å². The number of hydrogen-bond acceptors (Lipinski definition) is 8. The Bertz CT molecular complexity index is 2470. The van der Waals surface area contributed by atoms with Crippen LogP contribution in [-0.2, 0) is 29.5 Å². The van der Waals surface area contributed by atoms with E-state index >= 15 is 0 Å². The molecule has 368 valence electrons. The maximum atomic E-state index is 13.0. The fourth-order valence-electron chi connectivity index (χ4n) is 9.88. The molecule has 2 amide bonds. The minimum absolute atomic E-state index is 0.0865. The second-order valence-electron chi connectivity index (χ2n) is 19.6. The van der Waals surface area contributed by atoms with Crippen LogP contribution < -0.4 is 15.5 Å². The van der Waals surface area contributed by atoms with Gasteiger partial charge in [0.2, 0.25) is 17.5 Å². The zero-order valence-electron chi connectivity index (χ0n) is 42.9. The van der Waals surface area contributed by atoms with E-state index < -0.39 is 8.53 Å². The van der Waals surface area contributed by atoms with Gasteiger partial charge in [-0.25, -0.2) is 4.67 Å². The van der Waals surface area contributed by atoms with Crippen LogP contribution in [0.1, 0.15) is 132 Å². The van der Waals surface area contributed by atoms with Gasteiger partial charge in [0.25, 0.3) is 8.53 Å². The summed E-state index contributed by atoms with van der Waals surface area (Å²) in [7, 11) is -1.31. The van der Waals surface area contributed by atoms with Crippen LogP contribution in [0.25, 0.3) is 0 Å². The van der Waals surface area contributed by atoms with Crippen LogP contribution in [0.2, 0.25) is 0 Å². The van der Waals surface area contributed by atoms with Crippen LogP contribution >= 0.6 is 20.3 Å². The molecule has 3 aliphatic rings. The lowest BCUT2D eigenvalue weighted by atomic mass is 9.81. The van der Waals surface area contributed by atoms with Crippen molar-refractivity contribution in [2.75, 3.05) is 43.1 Å². The van der Waals surface area contributed by atoms with Gasteiger partial charge in [0.15, 0.2) is 5.71 Å². The van der Waals surface area contributed by atoms with Crippen LogP contribution in [-0.4, -0.2) is 71.7 Å². The maximum Gasteiger partial charge on any atom is 0.259 e. The molecule has 0 radical (unpaired) electrons. The zero-order chi connectivity index (χ0) is 49.7. The van der Waals surface area contributed by atoms with Crippen molar-refractivity contribution in [2.45, 2.75) is 148 Å². The monoisotopic (exact) mass is 972 g/mol. The number of carbonyl (C=O) groups is 2. The first kappa shape index (κ1) is 53.5. The molecule has 1 unspecified atom stereocenters. The number of hydrogen-bond donors (Lipinski definition) is 2. The molecule has 0 saturated heterocycles. The van der Waals surface area contributed by atoms with Gasteiger partial charge in [-0.3, -0.25) is 9.59 Å². The Morgan fingerprint density at radius 3 is 2.23 bits per heavy atom. The second-order valence-corrected chi connectivity index (χ2v) is 22.1. The van der Waals surface area contributed by atoms with Crippen LogP contribution in [0.5, 0.6) is 0 Å². The van der Waals surface area contributed by atoms with E-state index in [0.29, 0.717) is 39.0 Å². The Morgan fingerprint density at radius 2 is 1.54 bits per heavy atom. The number of thioether (sulfide) groups is 1. The van der Waals surface area contributed by atoms with Crippen molar-refractivity contribution < 1.29 is 23.2 Å². The summed E-state index contributed by atoms with van der Waals surface area (Å²) in [4.78, 5) is 30.6. The maximum absolute atomic E-state index is 13.0. The number of benzene rings is 3.